The highest BCUT2D eigenvalue weighted by Crippen LogP contribution is 2.39. The van der Waals surface area contributed by atoms with Crippen LogP contribution in [0.25, 0.3) is 0 Å². The molecule has 3 N–H and O–H groups in total. The van der Waals surface area contributed by atoms with Gasteiger partial charge < -0.3 is 15.3 Å². The van der Waals surface area contributed by atoms with Crippen LogP contribution in [0.3, 0.4) is 0 Å². The molecule has 0 amide bonds. The zero-order valence-electron chi connectivity index (χ0n) is 11.7. The average molecular weight is 258 g/mol. The molecule has 1 aliphatic carbocycles. The van der Waals surface area contributed by atoms with Gasteiger partial charge in [0.2, 0.25) is 0 Å². The second-order valence-electron chi connectivity index (χ2n) is 6.35. The second kappa shape index (κ2) is 4.53. The van der Waals surface area contributed by atoms with Crippen molar-refractivity contribution in [1.29, 1.82) is 0 Å². The van der Waals surface area contributed by atoms with Gasteiger partial charge in [0.25, 0.3) is 0 Å². The van der Waals surface area contributed by atoms with Gasteiger partial charge in [-0.15, -0.1) is 0 Å². The number of imidazole rings is 1. The average Bonchev–Trinajstić information content (AvgIpc) is 2.93. The summed E-state index contributed by atoms with van der Waals surface area (Å²) < 4.78 is 2.35. The van der Waals surface area contributed by atoms with Crippen molar-refractivity contribution in [2.24, 2.45) is 11.1 Å². The van der Waals surface area contributed by atoms with Gasteiger partial charge in [-0.3, -0.25) is 0 Å². The quantitative estimate of drug-likeness (QED) is 0.888. The Bertz CT molecular complexity index is 551. The van der Waals surface area contributed by atoms with E-state index < -0.39 is 0 Å². The highest BCUT2D eigenvalue weighted by Gasteiger charge is 2.32. The minimum atomic E-state index is 0.184. The largest absolute Gasteiger partial charge is 0.351 e. The lowest BCUT2D eigenvalue weighted by atomic mass is 9.74. The molecule has 1 unspecified atom stereocenters. The topological polar surface area (TPSA) is 59.6 Å². The number of hydrogen-bond acceptors (Lipinski definition) is 2. The Morgan fingerprint density at radius 3 is 3.11 bits per heavy atom. The molecule has 0 bridgehead atoms. The molecule has 2 aromatic rings. The van der Waals surface area contributed by atoms with Crippen molar-refractivity contribution in [2.75, 3.05) is 0 Å². The number of rotatable bonds is 3. The Kier molecular flexibility index (Phi) is 2.97. The van der Waals surface area contributed by atoms with Gasteiger partial charge in [-0.2, -0.15) is 0 Å². The Morgan fingerprint density at radius 1 is 1.53 bits per heavy atom. The van der Waals surface area contributed by atoms with E-state index in [1.165, 1.54) is 11.3 Å². The van der Waals surface area contributed by atoms with Gasteiger partial charge in [-0.05, 0) is 29.9 Å². The van der Waals surface area contributed by atoms with Crippen LogP contribution in [-0.4, -0.2) is 14.5 Å². The lowest BCUT2D eigenvalue weighted by Crippen LogP contribution is -2.30. The third kappa shape index (κ3) is 2.45. The summed E-state index contributed by atoms with van der Waals surface area (Å²) >= 11 is 0. The van der Waals surface area contributed by atoms with Crippen molar-refractivity contribution >= 4 is 0 Å². The fourth-order valence-electron chi connectivity index (χ4n) is 3.16. The molecule has 1 aliphatic rings. The first-order valence-electron chi connectivity index (χ1n) is 6.97. The number of hydrogen-bond donors (Lipinski definition) is 2. The van der Waals surface area contributed by atoms with E-state index in [0.717, 1.165) is 31.6 Å². The summed E-state index contributed by atoms with van der Waals surface area (Å²) in [6.45, 7) is 5.57. The zero-order valence-corrected chi connectivity index (χ0v) is 11.7. The first-order valence-corrected chi connectivity index (χ1v) is 6.97. The molecule has 102 valence electrons. The van der Waals surface area contributed by atoms with Crippen molar-refractivity contribution in [1.82, 2.24) is 14.5 Å². The third-order valence-electron chi connectivity index (χ3n) is 4.08. The normalized spacial score (nSPS) is 21.3. The minimum Gasteiger partial charge on any atom is -0.351 e. The molecule has 0 fully saturated rings. The van der Waals surface area contributed by atoms with Crippen molar-refractivity contribution in [3.8, 4) is 0 Å². The highest BCUT2D eigenvalue weighted by atomic mass is 15.0. The minimum absolute atomic E-state index is 0.184. The molecular formula is C15H22N4. The van der Waals surface area contributed by atoms with E-state index in [1.807, 2.05) is 6.20 Å². The fraction of sp³-hybridized carbons (Fsp3) is 0.533. The summed E-state index contributed by atoms with van der Waals surface area (Å²) in [6.07, 6.45) is 8.97. The molecule has 19 heavy (non-hydrogen) atoms. The van der Waals surface area contributed by atoms with Gasteiger partial charge in [0.1, 0.15) is 5.82 Å². The molecule has 3 rings (SSSR count). The van der Waals surface area contributed by atoms with E-state index in [2.05, 4.69) is 40.6 Å². The van der Waals surface area contributed by atoms with Crippen LogP contribution in [-0.2, 0) is 19.4 Å². The maximum Gasteiger partial charge on any atom is 0.107 e. The smallest absolute Gasteiger partial charge is 0.107 e. The van der Waals surface area contributed by atoms with Crippen LogP contribution in [0.5, 0.6) is 0 Å². The summed E-state index contributed by atoms with van der Waals surface area (Å²) in [5.74, 6) is 1.04. The first kappa shape index (κ1) is 12.5. The third-order valence-corrected chi connectivity index (χ3v) is 4.08. The molecule has 1 atom stereocenters. The summed E-state index contributed by atoms with van der Waals surface area (Å²) in [5, 5.41) is 0. The van der Waals surface area contributed by atoms with E-state index in [0.29, 0.717) is 5.41 Å². The molecule has 4 nitrogen and oxygen atoms in total. The summed E-state index contributed by atoms with van der Waals surface area (Å²) in [6, 6.07) is 2.38. The van der Waals surface area contributed by atoms with E-state index in [-0.39, 0.29) is 6.04 Å². The number of H-pyrrole nitrogens is 1. The second-order valence-corrected chi connectivity index (χ2v) is 6.35. The summed E-state index contributed by atoms with van der Waals surface area (Å²) in [5.41, 5.74) is 9.34. The Morgan fingerprint density at radius 2 is 2.37 bits per heavy atom. The van der Waals surface area contributed by atoms with Crippen LogP contribution < -0.4 is 5.73 Å². The number of fused-ring (bicyclic) bond motifs is 1. The molecule has 2 aromatic heterocycles. The highest BCUT2D eigenvalue weighted by molar-refractivity contribution is 5.30. The van der Waals surface area contributed by atoms with Gasteiger partial charge in [-0.25, -0.2) is 4.98 Å². The van der Waals surface area contributed by atoms with E-state index in [9.17, 15) is 0 Å². The molecule has 0 aromatic carbocycles. The molecule has 0 spiro atoms. The number of aromatic amines is 1. The van der Waals surface area contributed by atoms with Crippen molar-refractivity contribution in [3.05, 3.63) is 41.7 Å². The number of nitrogens with two attached hydrogens (primary N) is 1. The maximum absolute atomic E-state index is 6.29. The van der Waals surface area contributed by atoms with E-state index in [4.69, 9.17) is 5.73 Å². The SMILES string of the molecule is CC1(C)Cc2c(ccn2CCc2ncc[nH]2)C(N)C1. The van der Waals surface area contributed by atoms with Crippen LogP contribution in [0.1, 0.15) is 43.4 Å². The number of nitrogens with one attached hydrogen (secondary N) is 1. The van der Waals surface area contributed by atoms with Gasteiger partial charge in [-0.1, -0.05) is 13.8 Å². The van der Waals surface area contributed by atoms with E-state index >= 15 is 0 Å². The van der Waals surface area contributed by atoms with Crippen LogP contribution in [0.15, 0.2) is 24.7 Å². The molecular weight excluding hydrogens is 236 g/mol. The lowest BCUT2D eigenvalue weighted by Gasteiger charge is -2.34. The van der Waals surface area contributed by atoms with Crippen molar-refractivity contribution < 1.29 is 0 Å². The molecule has 0 saturated carbocycles. The van der Waals surface area contributed by atoms with Gasteiger partial charge >= 0.3 is 0 Å². The molecule has 0 aliphatic heterocycles. The van der Waals surface area contributed by atoms with Gasteiger partial charge in [0.15, 0.2) is 0 Å². The standard InChI is InChI=1S/C15H22N4/c1-15(2)9-12(16)11-3-7-19(13(11)10-15)8-4-14-17-5-6-18-14/h3,5-7,12H,4,8-10,16H2,1-2H3,(H,17,18). The Labute approximate surface area is 114 Å². The van der Waals surface area contributed by atoms with Crippen LogP contribution in [0.2, 0.25) is 0 Å². The van der Waals surface area contributed by atoms with Crippen molar-refractivity contribution in [2.45, 2.75) is 45.7 Å². The summed E-state index contributed by atoms with van der Waals surface area (Å²) in [4.78, 5) is 7.43. The Balaban J connectivity index is 1.80. The molecule has 2 heterocycles. The Hall–Kier alpha value is -1.55. The fourth-order valence-corrected chi connectivity index (χ4v) is 3.16. The van der Waals surface area contributed by atoms with Crippen molar-refractivity contribution in [3.63, 3.8) is 0 Å². The maximum atomic E-state index is 6.29. The zero-order chi connectivity index (χ0) is 13.5. The first-order chi connectivity index (χ1) is 9.05. The van der Waals surface area contributed by atoms with E-state index in [1.54, 1.807) is 6.20 Å². The number of nitrogens with zero attached hydrogens (tertiary/aromatic N) is 2. The van der Waals surface area contributed by atoms with Crippen LogP contribution in [0.4, 0.5) is 0 Å². The molecule has 0 saturated heterocycles. The summed E-state index contributed by atoms with van der Waals surface area (Å²) in [7, 11) is 0. The lowest BCUT2D eigenvalue weighted by molar-refractivity contribution is 0.275. The number of aromatic nitrogens is 3. The van der Waals surface area contributed by atoms with Crippen LogP contribution in [0, 0.1) is 5.41 Å². The predicted molar refractivity (Wildman–Crippen MR) is 75.8 cm³/mol. The monoisotopic (exact) mass is 258 g/mol. The van der Waals surface area contributed by atoms with Gasteiger partial charge in [0.05, 0.1) is 0 Å². The van der Waals surface area contributed by atoms with Gasteiger partial charge in [0, 0.05) is 43.3 Å². The molecule has 4 heteroatoms. The van der Waals surface area contributed by atoms with Crippen LogP contribution >= 0.6 is 0 Å². The molecule has 0 radical (unpaired) electrons. The predicted octanol–water partition coefficient (Wildman–Crippen LogP) is 2.43. The number of aryl methyl sites for hydroxylation is 2.